The maximum absolute atomic E-state index is 12.4. The molecule has 0 saturated carbocycles. The summed E-state index contributed by atoms with van der Waals surface area (Å²) in [6.07, 6.45) is 5.82. The molecule has 0 unspecified atom stereocenters. The Labute approximate surface area is 182 Å². The van der Waals surface area contributed by atoms with Crippen LogP contribution in [0.5, 0.6) is 0 Å². The molecule has 1 aliphatic heterocycles. The highest BCUT2D eigenvalue weighted by molar-refractivity contribution is 5.91. The number of rotatable bonds is 8. The van der Waals surface area contributed by atoms with E-state index in [-0.39, 0.29) is 17.7 Å². The van der Waals surface area contributed by atoms with Crippen LogP contribution in [-0.4, -0.2) is 41.3 Å². The lowest BCUT2D eigenvalue weighted by Gasteiger charge is -2.30. The lowest BCUT2D eigenvalue weighted by atomic mass is 9.96. The smallest absolute Gasteiger partial charge is 0.224 e. The number of carbonyl (C=O) groups is 2. The van der Waals surface area contributed by atoms with E-state index in [0.29, 0.717) is 12.8 Å². The van der Waals surface area contributed by atoms with E-state index in [1.54, 1.807) is 0 Å². The number of nitrogens with zero attached hydrogens (tertiary/aromatic N) is 1. The fraction of sp³-hybridized carbons (Fsp3) is 0.360. The number of hydrogen-bond acceptors (Lipinski definition) is 3. The first kappa shape index (κ1) is 21.1. The number of anilines is 1. The van der Waals surface area contributed by atoms with E-state index in [1.807, 2.05) is 36.5 Å². The fourth-order valence-corrected chi connectivity index (χ4v) is 4.29. The Balaban J connectivity index is 1.21. The van der Waals surface area contributed by atoms with E-state index in [1.165, 1.54) is 16.5 Å². The van der Waals surface area contributed by atoms with Crippen molar-refractivity contribution >= 4 is 28.4 Å². The molecule has 6 nitrogen and oxygen atoms in total. The molecule has 0 aliphatic carbocycles. The van der Waals surface area contributed by atoms with E-state index < -0.39 is 0 Å². The summed E-state index contributed by atoms with van der Waals surface area (Å²) >= 11 is 0. The predicted molar refractivity (Wildman–Crippen MR) is 124 cm³/mol. The first-order chi connectivity index (χ1) is 15.1. The number of aromatic nitrogens is 1. The van der Waals surface area contributed by atoms with Gasteiger partial charge in [-0.05, 0) is 68.1 Å². The second-order valence-corrected chi connectivity index (χ2v) is 8.37. The van der Waals surface area contributed by atoms with Gasteiger partial charge in [0.15, 0.2) is 0 Å². The molecule has 0 bridgehead atoms. The van der Waals surface area contributed by atoms with E-state index in [9.17, 15) is 9.59 Å². The molecule has 3 aromatic rings. The number of nitrogens with two attached hydrogens (primary N) is 1. The highest BCUT2D eigenvalue weighted by Crippen LogP contribution is 2.20. The molecule has 0 radical (unpaired) electrons. The van der Waals surface area contributed by atoms with Crippen LogP contribution in [0.15, 0.2) is 54.7 Å². The first-order valence-corrected chi connectivity index (χ1v) is 11.0. The number of aromatic amines is 1. The number of nitrogens with one attached hydrogen (secondary N) is 2. The summed E-state index contributed by atoms with van der Waals surface area (Å²) in [7, 11) is 0. The average molecular weight is 419 g/mol. The number of carbonyl (C=O) groups excluding carboxylic acids is 2. The minimum absolute atomic E-state index is 0.0235. The van der Waals surface area contributed by atoms with E-state index in [2.05, 4.69) is 33.4 Å². The summed E-state index contributed by atoms with van der Waals surface area (Å²) < 4.78 is 0. The van der Waals surface area contributed by atoms with Gasteiger partial charge in [-0.25, -0.2) is 0 Å². The minimum Gasteiger partial charge on any atom is -0.369 e. The lowest BCUT2D eigenvalue weighted by molar-refractivity contribution is -0.123. The number of likely N-dealkylation sites (tertiary alicyclic amines) is 1. The average Bonchev–Trinajstić information content (AvgIpc) is 3.21. The highest BCUT2D eigenvalue weighted by Gasteiger charge is 2.22. The largest absolute Gasteiger partial charge is 0.369 e. The maximum atomic E-state index is 12.4. The van der Waals surface area contributed by atoms with Crippen LogP contribution in [0.25, 0.3) is 10.9 Å². The van der Waals surface area contributed by atoms with Crippen LogP contribution < -0.4 is 11.1 Å². The molecule has 2 aromatic carbocycles. The van der Waals surface area contributed by atoms with Gasteiger partial charge >= 0.3 is 0 Å². The Morgan fingerprint density at radius 1 is 1.03 bits per heavy atom. The fourth-order valence-electron chi connectivity index (χ4n) is 4.29. The van der Waals surface area contributed by atoms with Crippen molar-refractivity contribution in [3.05, 3.63) is 65.9 Å². The van der Waals surface area contributed by atoms with Crippen molar-refractivity contribution in [1.82, 2.24) is 9.88 Å². The van der Waals surface area contributed by atoms with Crippen LogP contribution in [-0.2, 0) is 22.4 Å². The molecule has 1 saturated heterocycles. The summed E-state index contributed by atoms with van der Waals surface area (Å²) in [5.74, 6) is -0.107. The lowest BCUT2D eigenvalue weighted by Crippen LogP contribution is -2.39. The minimum atomic E-state index is -0.168. The van der Waals surface area contributed by atoms with Gasteiger partial charge in [0.1, 0.15) is 0 Å². The zero-order valence-corrected chi connectivity index (χ0v) is 17.8. The van der Waals surface area contributed by atoms with Gasteiger partial charge in [0, 0.05) is 41.7 Å². The maximum Gasteiger partial charge on any atom is 0.224 e. The number of hydrogen-bond donors (Lipinski definition) is 3. The molecule has 2 heterocycles. The molecule has 4 N–H and O–H groups in total. The number of piperidine rings is 1. The van der Waals surface area contributed by atoms with Gasteiger partial charge in [-0.15, -0.1) is 0 Å². The molecule has 162 valence electrons. The number of fused-ring (bicyclic) bond motifs is 1. The predicted octanol–water partition coefficient (Wildman–Crippen LogP) is 3.48. The number of amides is 2. The molecule has 1 aliphatic rings. The number of primary amides is 1. The van der Waals surface area contributed by atoms with Gasteiger partial charge < -0.3 is 20.9 Å². The summed E-state index contributed by atoms with van der Waals surface area (Å²) in [6.45, 7) is 2.83. The van der Waals surface area contributed by atoms with E-state index in [4.69, 9.17) is 5.73 Å². The second-order valence-electron chi connectivity index (χ2n) is 8.37. The van der Waals surface area contributed by atoms with Crippen LogP contribution in [0.4, 0.5) is 5.69 Å². The molecule has 0 spiro atoms. The number of H-pyrrole nitrogens is 1. The molecule has 0 atom stereocenters. The molecule has 31 heavy (non-hydrogen) atoms. The second kappa shape index (κ2) is 9.79. The van der Waals surface area contributed by atoms with Gasteiger partial charge in [-0.2, -0.15) is 0 Å². The Kier molecular flexibility index (Phi) is 6.67. The van der Waals surface area contributed by atoms with Crippen molar-refractivity contribution in [3.8, 4) is 0 Å². The molecule has 2 amide bonds. The summed E-state index contributed by atoms with van der Waals surface area (Å²) in [5, 5.41) is 4.18. The Hall–Kier alpha value is -3.12. The zero-order chi connectivity index (χ0) is 21.6. The Bertz CT molecular complexity index is 1030. The molecule has 1 aromatic heterocycles. The SMILES string of the molecule is NC(=O)C1CCN(CCc2ccc(NC(=O)CCc3c[nH]c4ccccc34)cc2)CC1. The van der Waals surface area contributed by atoms with Crippen molar-refractivity contribution in [2.45, 2.75) is 32.1 Å². The van der Waals surface area contributed by atoms with Crippen molar-refractivity contribution in [2.24, 2.45) is 11.7 Å². The molecular formula is C25H30N4O2. The Morgan fingerprint density at radius 2 is 1.77 bits per heavy atom. The number of para-hydroxylation sites is 1. The van der Waals surface area contributed by atoms with Crippen molar-refractivity contribution in [1.29, 1.82) is 0 Å². The molecule has 1 fully saturated rings. The normalized spacial score (nSPS) is 15.2. The topological polar surface area (TPSA) is 91.2 Å². The van der Waals surface area contributed by atoms with Crippen LogP contribution in [0, 0.1) is 5.92 Å². The third-order valence-corrected chi connectivity index (χ3v) is 6.24. The molecule has 4 rings (SSSR count). The van der Waals surface area contributed by atoms with Crippen LogP contribution in [0.3, 0.4) is 0 Å². The van der Waals surface area contributed by atoms with Crippen molar-refractivity contribution in [3.63, 3.8) is 0 Å². The third kappa shape index (κ3) is 5.52. The van der Waals surface area contributed by atoms with E-state index in [0.717, 1.165) is 50.1 Å². The molecule has 6 heteroatoms. The number of aryl methyl sites for hydroxylation is 1. The summed E-state index contributed by atoms with van der Waals surface area (Å²) in [6, 6.07) is 16.2. The van der Waals surface area contributed by atoms with Gasteiger partial charge in [0.2, 0.25) is 11.8 Å². The van der Waals surface area contributed by atoms with Gasteiger partial charge in [0.25, 0.3) is 0 Å². The van der Waals surface area contributed by atoms with Gasteiger partial charge in [-0.1, -0.05) is 30.3 Å². The van der Waals surface area contributed by atoms with Gasteiger partial charge in [0.05, 0.1) is 0 Å². The highest BCUT2D eigenvalue weighted by atomic mass is 16.2. The zero-order valence-electron chi connectivity index (χ0n) is 17.8. The first-order valence-electron chi connectivity index (χ1n) is 11.0. The quantitative estimate of drug-likeness (QED) is 0.523. The van der Waals surface area contributed by atoms with Crippen LogP contribution >= 0.6 is 0 Å². The van der Waals surface area contributed by atoms with Crippen molar-refractivity contribution < 1.29 is 9.59 Å². The van der Waals surface area contributed by atoms with Crippen LogP contribution in [0.1, 0.15) is 30.4 Å². The summed E-state index contributed by atoms with van der Waals surface area (Å²) in [4.78, 5) is 29.3. The standard InChI is InChI=1S/C25H30N4O2/c26-25(31)19-12-15-29(16-13-19)14-11-18-5-8-21(9-6-18)28-24(30)10-7-20-17-27-23-4-2-1-3-22(20)23/h1-6,8-9,17,19,27H,7,10-16H2,(H2,26,31)(H,28,30). The van der Waals surface area contributed by atoms with Crippen molar-refractivity contribution in [2.75, 3.05) is 25.0 Å². The van der Waals surface area contributed by atoms with Gasteiger partial charge in [-0.3, -0.25) is 9.59 Å². The number of benzene rings is 2. The monoisotopic (exact) mass is 418 g/mol. The third-order valence-electron chi connectivity index (χ3n) is 6.24. The van der Waals surface area contributed by atoms with E-state index >= 15 is 0 Å². The Morgan fingerprint density at radius 3 is 2.52 bits per heavy atom. The van der Waals surface area contributed by atoms with Crippen LogP contribution in [0.2, 0.25) is 0 Å². The summed E-state index contributed by atoms with van der Waals surface area (Å²) in [5.41, 5.74) is 9.75. The molecular weight excluding hydrogens is 388 g/mol.